The topological polar surface area (TPSA) is 9.23 Å². The zero-order valence-electron chi connectivity index (χ0n) is 6.44. The molecule has 1 aliphatic rings. The van der Waals surface area contributed by atoms with E-state index in [9.17, 15) is 0 Å². The monoisotopic (exact) mass is 144 g/mol. The van der Waals surface area contributed by atoms with Gasteiger partial charge in [-0.2, -0.15) is 0 Å². The van der Waals surface area contributed by atoms with Gasteiger partial charge in [-0.3, -0.25) is 0 Å². The third-order valence-corrected chi connectivity index (χ3v) is 2.44. The lowest BCUT2D eigenvalue weighted by Gasteiger charge is -2.22. The fraction of sp³-hybridized carbons (Fsp3) is 1.00. The van der Waals surface area contributed by atoms with Crippen LogP contribution in [0.25, 0.3) is 0 Å². The number of ether oxygens (including phenoxy) is 1. The molecule has 54 valence electrons. The first-order chi connectivity index (χ1) is 4.27. The lowest BCUT2D eigenvalue weighted by molar-refractivity contribution is -0.0000330. The van der Waals surface area contributed by atoms with Crippen molar-refractivity contribution in [3.05, 3.63) is 0 Å². The lowest BCUT2D eigenvalue weighted by Crippen LogP contribution is -2.24. The highest BCUT2D eigenvalue weighted by Gasteiger charge is 2.28. The van der Waals surface area contributed by atoms with E-state index in [2.05, 4.69) is 6.92 Å². The Morgan fingerprint density at radius 3 is 2.44 bits per heavy atom. The van der Waals surface area contributed by atoms with Crippen molar-refractivity contribution in [2.24, 2.45) is 0 Å². The van der Waals surface area contributed by atoms with Crippen LogP contribution in [0.3, 0.4) is 0 Å². The lowest BCUT2D eigenvalue weighted by atomic mass is 10.1. The Morgan fingerprint density at radius 1 is 1.44 bits per heavy atom. The molecular formula is C7H16OSi. The van der Waals surface area contributed by atoms with E-state index in [-0.39, 0.29) is 5.60 Å². The second-order valence-corrected chi connectivity index (χ2v) is 3.67. The summed E-state index contributed by atoms with van der Waals surface area (Å²) >= 11 is 0. The Hall–Kier alpha value is 0.177. The van der Waals surface area contributed by atoms with E-state index in [0.717, 1.165) is 6.23 Å². The molecule has 9 heavy (non-hydrogen) atoms. The first-order valence-corrected chi connectivity index (χ1v) is 5.32. The van der Waals surface area contributed by atoms with Gasteiger partial charge in [0.2, 0.25) is 0 Å². The maximum atomic E-state index is 5.65. The van der Waals surface area contributed by atoms with Crippen molar-refractivity contribution in [1.29, 1.82) is 0 Å². The van der Waals surface area contributed by atoms with Gasteiger partial charge in [-0.05, 0) is 19.8 Å². The molecule has 0 aromatic rings. The second kappa shape index (κ2) is 2.84. The smallest absolute Gasteiger partial charge is 0.0649 e. The number of hydrogen-bond acceptors (Lipinski definition) is 1. The van der Waals surface area contributed by atoms with E-state index in [4.69, 9.17) is 4.74 Å². The van der Waals surface area contributed by atoms with Crippen molar-refractivity contribution in [3.8, 4) is 0 Å². The second-order valence-electron chi connectivity index (χ2n) is 3.09. The third kappa shape index (κ3) is 1.80. The van der Waals surface area contributed by atoms with Crippen LogP contribution in [0.15, 0.2) is 0 Å². The van der Waals surface area contributed by atoms with Gasteiger partial charge in [-0.15, -0.1) is 0 Å². The molecule has 0 atom stereocenters. The van der Waals surface area contributed by atoms with Crippen LogP contribution in [-0.4, -0.2) is 22.1 Å². The predicted octanol–water partition coefficient (Wildman–Crippen LogP) is 0.659. The van der Waals surface area contributed by atoms with Gasteiger partial charge in [0.25, 0.3) is 0 Å². The number of hydrogen-bond donors (Lipinski definition) is 0. The molecule has 0 heterocycles. The van der Waals surface area contributed by atoms with E-state index in [1.54, 1.807) is 0 Å². The van der Waals surface area contributed by atoms with Gasteiger partial charge in [0, 0.05) is 16.5 Å². The van der Waals surface area contributed by atoms with Crippen molar-refractivity contribution in [1.82, 2.24) is 0 Å². The molecule has 2 heteroatoms. The van der Waals surface area contributed by atoms with Gasteiger partial charge in [0.05, 0.1) is 5.60 Å². The zero-order valence-corrected chi connectivity index (χ0v) is 8.44. The summed E-state index contributed by atoms with van der Waals surface area (Å²) < 4.78 is 5.65. The fourth-order valence-corrected chi connectivity index (χ4v) is 2.31. The quantitative estimate of drug-likeness (QED) is 0.517. The van der Waals surface area contributed by atoms with Gasteiger partial charge in [0.15, 0.2) is 0 Å². The highest BCUT2D eigenvalue weighted by molar-refractivity contribution is 6.08. The molecule has 0 saturated heterocycles. The molecule has 1 aliphatic carbocycles. The first-order valence-electron chi connectivity index (χ1n) is 3.91. The van der Waals surface area contributed by atoms with Crippen molar-refractivity contribution >= 4 is 10.2 Å². The highest BCUT2D eigenvalue weighted by atomic mass is 28.1. The van der Waals surface area contributed by atoms with E-state index >= 15 is 0 Å². The largest absolute Gasteiger partial charge is 0.380 e. The van der Waals surface area contributed by atoms with Crippen molar-refractivity contribution in [2.45, 2.75) is 38.2 Å². The van der Waals surface area contributed by atoms with Gasteiger partial charge in [0.1, 0.15) is 0 Å². The Balaban J connectivity index is 2.32. The summed E-state index contributed by atoms with van der Waals surface area (Å²) in [6.07, 6.45) is 6.33. The minimum Gasteiger partial charge on any atom is -0.380 e. The molecule has 0 aromatic heterocycles. The molecule has 0 bridgehead atoms. The van der Waals surface area contributed by atoms with Crippen LogP contribution in [0.4, 0.5) is 0 Å². The molecule has 0 aromatic carbocycles. The molecule has 0 aliphatic heterocycles. The van der Waals surface area contributed by atoms with Crippen molar-refractivity contribution in [2.75, 3.05) is 6.23 Å². The molecule has 0 spiro atoms. The van der Waals surface area contributed by atoms with Crippen LogP contribution < -0.4 is 0 Å². The van der Waals surface area contributed by atoms with Crippen LogP contribution in [0.2, 0.25) is 0 Å². The molecule has 1 fully saturated rings. The van der Waals surface area contributed by atoms with Gasteiger partial charge in [-0.1, -0.05) is 12.8 Å². The molecule has 1 saturated carbocycles. The van der Waals surface area contributed by atoms with E-state index in [0.29, 0.717) is 0 Å². The standard InChI is InChI=1S/C7H16OSi/c1-7(8-6-9)4-2-3-5-7/h2-6H2,1,9H3. The Kier molecular flexibility index (Phi) is 2.30. The Labute approximate surface area is 60.2 Å². The minimum atomic E-state index is 0.280. The zero-order chi connectivity index (χ0) is 6.74. The van der Waals surface area contributed by atoms with E-state index in [1.807, 2.05) is 0 Å². The van der Waals surface area contributed by atoms with Crippen molar-refractivity contribution < 1.29 is 4.74 Å². The van der Waals surface area contributed by atoms with E-state index < -0.39 is 0 Å². The average Bonchev–Trinajstić information content (AvgIpc) is 2.16. The summed E-state index contributed by atoms with van der Waals surface area (Å²) in [6, 6.07) is 0. The van der Waals surface area contributed by atoms with Crippen LogP contribution in [-0.2, 0) is 4.74 Å². The molecule has 0 unspecified atom stereocenters. The van der Waals surface area contributed by atoms with Gasteiger partial charge in [-0.25, -0.2) is 0 Å². The summed E-state index contributed by atoms with van der Waals surface area (Å²) in [5.41, 5.74) is 0.280. The fourth-order valence-electron chi connectivity index (χ4n) is 1.62. The maximum Gasteiger partial charge on any atom is 0.0649 e. The molecular weight excluding hydrogens is 128 g/mol. The van der Waals surface area contributed by atoms with Crippen LogP contribution >= 0.6 is 0 Å². The Bertz CT molecular complexity index is 86.9. The SMILES string of the molecule is CC1(OC[SiH3])CCCC1. The van der Waals surface area contributed by atoms with Gasteiger partial charge >= 0.3 is 0 Å². The molecule has 0 radical (unpaired) electrons. The van der Waals surface area contributed by atoms with Crippen LogP contribution in [0.1, 0.15) is 32.6 Å². The summed E-state index contributed by atoms with van der Waals surface area (Å²) in [5.74, 6) is 0. The summed E-state index contributed by atoms with van der Waals surface area (Å²) in [7, 11) is 1.18. The first kappa shape index (κ1) is 7.29. The maximum absolute atomic E-state index is 5.65. The normalized spacial score (nSPS) is 25.0. The number of rotatable bonds is 2. The molecule has 0 amide bonds. The molecule has 0 N–H and O–H groups in total. The Morgan fingerprint density at radius 2 is 2.00 bits per heavy atom. The molecule has 1 nitrogen and oxygen atoms in total. The van der Waals surface area contributed by atoms with Gasteiger partial charge < -0.3 is 4.74 Å². The third-order valence-electron chi connectivity index (χ3n) is 2.15. The highest BCUT2D eigenvalue weighted by Crippen LogP contribution is 2.31. The average molecular weight is 144 g/mol. The predicted molar refractivity (Wildman–Crippen MR) is 42.8 cm³/mol. The summed E-state index contributed by atoms with van der Waals surface area (Å²) in [5, 5.41) is 0. The van der Waals surface area contributed by atoms with E-state index in [1.165, 1.54) is 35.9 Å². The summed E-state index contributed by atoms with van der Waals surface area (Å²) in [4.78, 5) is 0. The van der Waals surface area contributed by atoms with Crippen molar-refractivity contribution in [3.63, 3.8) is 0 Å². The summed E-state index contributed by atoms with van der Waals surface area (Å²) in [6.45, 7) is 2.25. The molecule has 1 rings (SSSR count). The van der Waals surface area contributed by atoms with Crippen LogP contribution in [0, 0.1) is 0 Å². The minimum absolute atomic E-state index is 0.280. The van der Waals surface area contributed by atoms with Crippen LogP contribution in [0.5, 0.6) is 0 Å².